The smallest absolute Gasteiger partial charge is 0.407 e. The molecular formula is C17H24N2O2. The molecular weight excluding hydrogens is 264 g/mol. The van der Waals surface area contributed by atoms with Crippen molar-refractivity contribution in [3.05, 3.63) is 35.0 Å². The maximum atomic E-state index is 11.7. The van der Waals surface area contributed by atoms with Gasteiger partial charge in [0.2, 0.25) is 0 Å². The lowest BCUT2D eigenvalue weighted by Gasteiger charge is -2.19. The van der Waals surface area contributed by atoms with Crippen molar-refractivity contribution in [1.82, 2.24) is 10.3 Å². The number of benzene rings is 1. The minimum absolute atomic E-state index is 0.397. The second-order valence-electron chi connectivity index (χ2n) is 6.37. The van der Waals surface area contributed by atoms with Crippen molar-refractivity contribution in [3.63, 3.8) is 0 Å². The van der Waals surface area contributed by atoms with Gasteiger partial charge in [0.15, 0.2) is 0 Å². The molecule has 4 heteroatoms. The summed E-state index contributed by atoms with van der Waals surface area (Å²) in [5, 5.41) is 3.94. The molecule has 0 atom stereocenters. The molecule has 0 saturated heterocycles. The van der Waals surface area contributed by atoms with E-state index in [0.29, 0.717) is 6.54 Å². The van der Waals surface area contributed by atoms with Crippen LogP contribution in [-0.4, -0.2) is 16.7 Å². The van der Waals surface area contributed by atoms with Crippen molar-refractivity contribution in [2.75, 3.05) is 0 Å². The fourth-order valence-electron chi connectivity index (χ4n) is 2.36. The lowest BCUT2D eigenvalue weighted by Crippen LogP contribution is -2.32. The molecule has 4 nitrogen and oxygen atoms in total. The van der Waals surface area contributed by atoms with E-state index in [4.69, 9.17) is 4.74 Å². The first-order valence-electron chi connectivity index (χ1n) is 7.36. The summed E-state index contributed by atoms with van der Waals surface area (Å²) in [5.74, 6) is 0. The number of carbonyl (C=O) groups excluding carboxylic acids is 1. The van der Waals surface area contributed by atoms with Gasteiger partial charge in [-0.15, -0.1) is 0 Å². The predicted molar refractivity (Wildman–Crippen MR) is 85.5 cm³/mol. The molecule has 21 heavy (non-hydrogen) atoms. The van der Waals surface area contributed by atoms with Crippen LogP contribution >= 0.6 is 0 Å². The number of hydrogen-bond acceptors (Lipinski definition) is 2. The number of ether oxygens (including phenoxy) is 1. The van der Waals surface area contributed by atoms with Crippen LogP contribution in [0.2, 0.25) is 0 Å². The van der Waals surface area contributed by atoms with Gasteiger partial charge in [-0.1, -0.05) is 6.92 Å². The first-order chi connectivity index (χ1) is 9.78. The number of nitrogens with one attached hydrogen (secondary N) is 2. The summed E-state index contributed by atoms with van der Waals surface area (Å²) in [6.45, 7) is 10.3. The Morgan fingerprint density at radius 1 is 1.29 bits per heavy atom. The second kappa shape index (κ2) is 5.80. The van der Waals surface area contributed by atoms with Gasteiger partial charge in [-0.2, -0.15) is 0 Å². The number of aromatic amines is 1. The predicted octanol–water partition coefficient (Wildman–Crippen LogP) is 4.06. The maximum Gasteiger partial charge on any atom is 0.407 e. The summed E-state index contributed by atoms with van der Waals surface area (Å²) in [6.07, 6.45) is 0.623. The second-order valence-corrected chi connectivity index (χ2v) is 6.37. The number of aromatic nitrogens is 1. The monoisotopic (exact) mass is 288 g/mol. The van der Waals surface area contributed by atoms with E-state index in [0.717, 1.165) is 17.6 Å². The Labute approximate surface area is 125 Å². The maximum absolute atomic E-state index is 11.7. The van der Waals surface area contributed by atoms with Gasteiger partial charge in [0.25, 0.3) is 0 Å². The largest absolute Gasteiger partial charge is 0.444 e. The Kier molecular flexibility index (Phi) is 4.26. The number of H-pyrrole nitrogens is 1. The first kappa shape index (κ1) is 15.4. The van der Waals surface area contributed by atoms with Crippen LogP contribution in [0, 0.1) is 6.92 Å². The molecule has 0 bridgehead atoms. The van der Waals surface area contributed by atoms with E-state index in [1.165, 1.54) is 16.5 Å². The average molecular weight is 288 g/mol. The van der Waals surface area contributed by atoms with Crippen molar-refractivity contribution in [2.24, 2.45) is 0 Å². The van der Waals surface area contributed by atoms with Crippen LogP contribution in [0.15, 0.2) is 18.2 Å². The lowest BCUT2D eigenvalue weighted by molar-refractivity contribution is 0.0523. The van der Waals surface area contributed by atoms with Crippen LogP contribution in [0.5, 0.6) is 0 Å². The van der Waals surface area contributed by atoms with E-state index in [-0.39, 0.29) is 0 Å². The van der Waals surface area contributed by atoms with Crippen molar-refractivity contribution >= 4 is 17.0 Å². The first-order valence-corrected chi connectivity index (χ1v) is 7.36. The fraction of sp³-hybridized carbons (Fsp3) is 0.471. The van der Waals surface area contributed by atoms with Gasteiger partial charge in [-0.25, -0.2) is 4.79 Å². The van der Waals surface area contributed by atoms with Gasteiger partial charge in [-0.05, 0) is 68.8 Å². The lowest BCUT2D eigenvalue weighted by atomic mass is 10.0. The number of amides is 1. The quantitative estimate of drug-likeness (QED) is 0.894. The summed E-state index contributed by atoms with van der Waals surface area (Å²) in [7, 11) is 0. The Hall–Kier alpha value is -1.97. The number of aryl methyl sites for hydroxylation is 2. The number of carbonyl (C=O) groups is 1. The average Bonchev–Trinajstić information content (AvgIpc) is 2.75. The third kappa shape index (κ3) is 4.00. The molecule has 0 unspecified atom stereocenters. The molecule has 0 fully saturated rings. The summed E-state index contributed by atoms with van der Waals surface area (Å²) in [6, 6.07) is 6.43. The molecule has 0 aliphatic rings. The van der Waals surface area contributed by atoms with E-state index in [1.807, 2.05) is 20.8 Å². The molecule has 1 aromatic heterocycles. The Morgan fingerprint density at radius 2 is 2.00 bits per heavy atom. The van der Waals surface area contributed by atoms with E-state index in [1.54, 1.807) is 0 Å². The van der Waals surface area contributed by atoms with Gasteiger partial charge >= 0.3 is 6.09 Å². The Morgan fingerprint density at radius 3 is 2.62 bits per heavy atom. The van der Waals surface area contributed by atoms with Crippen LogP contribution < -0.4 is 5.32 Å². The van der Waals surface area contributed by atoms with Crippen molar-refractivity contribution in [2.45, 2.75) is 53.2 Å². The zero-order valence-corrected chi connectivity index (χ0v) is 13.5. The van der Waals surface area contributed by atoms with Gasteiger partial charge in [0.1, 0.15) is 5.60 Å². The zero-order chi connectivity index (χ0) is 15.6. The van der Waals surface area contributed by atoms with Crippen molar-refractivity contribution in [1.29, 1.82) is 0 Å². The van der Waals surface area contributed by atoms with Crippen LogP contribution in [0.1, 0.15) is 44.5 Å². The zero-order valence-electron chi connectivity index (χ0n) is 13.5. The molecule has 2 aromatic rings. The van der Waals surface area contributed by atoms with E-state index in [2.05, 4.69) is 42.3 Å². The molecule has 0 saturated carbocycles. The molecule has 2 rings (SSSR count). The fourth-order valence-corrected chi connectivity index (χ4v) is 2.36. The summed E-state index contributed by atoms with van der Waals surface area (Å²) in [5.41, 5.74) is 4.26. The molecule has 1 aromatic carbocycles. The SMILES string of the molecule is CCc1cc2[nH]c(CNC(=O)OC(C)(C)C)cc2cc1C. The molecule has 0 aliphatic heterocycles. The summed E-state index contributed by atoms with van der Waals surface area (Å²) >= 11 is 0. The van der Waals surface area contributed by atoms with E-state index < -0.39 is 11.7 Å². The van der Waals surface area contributed by atoms with Crippen molar-refractivity contribution < 1.29 is 9.53 Å². The summed E-state index contributed by atoms with van der Waals surface area (Å²) in [4.78, 5) is 15.0. The molecule has 114 valence electrons. The minimum atomic E-state index is -0.475. The third-order valence-electron chi connectivity index (χ3n) is 3.34. The van der Waals surface area contributed by atoms with E-state index >= 15 is 0 Å². The van der Waals surface area contributed by atoms with Crippen LogP contribution in [0.4, 0.5) is 4.79 Å². The van der Waals surface area contributed by atoms with E-state index in [9.17, 15) is 4.79 Å². The van der Waals surface area contributed by atoms with Crippen LogP contribution in [0.3, 0.4) is 0 Å². The molecule has 0 radical (unpaired) electrons. The molecule has 2 N–H and O–H groups in total. The highest BCUT2D eigenvalue weighted by Crippen LogP contribution is 2.21. The topological polar surface area (TPSA) is 54.1 Å². The molecule has 0 aliphatic carbocycles. The summed E-state index contributed by atoms with van der Waals surface area (Å²) < 4.78 is 5.23. The molecule has 1 amide bonds. The number of hydrogen-bond donors (Lipinski definition) is 2. The van der Waals surface area contributed by atoms with Crippen LogP contribution in [0.25, 0.3) is 10.9 Å². The Bertz CT molecular complexity index is 651. The van der Waals surface area contributed by atoms with Gasteiger partial charge < -0.3 is 15.0 Å². The highest BCUT2D eigenvalue weighted by molar-refractivity contribution is 5.82. The van der Waals surface area contributed by atoms with Crippen LogP contribution in [-0.2, 0) is 17.7 Å². The third-order valence-corrected chi connectivity index (χ3v) is 3.34. The minimum Gasteiger partial charge on any atom is -0.444 e. The van der Waals surface area contributed by atoms with Gasteiger partial charge in [0.05, 0.1) is 6.54 Å². The van der Waals surface area contributed by atoms with Crippen molar-refractivity contribution in [3.8, 4) is 0 Å². The standard InChI is InChI=1S/C17H24N2O2/c1-6-12-9-15-13(7-11(12)2)8-14(19-15)10-18-16(20)21-17(3,4)5/h7-9,19H,6,10H2,1-5H3,(H,18,20). The normalized spacial score (nSPS) is 11.7. The molecule has 1 heterocycles. The molecule has 0 spiro atoms. The van der Waals surface area contributed by atoms with Gasteiger partial charge in [0, 0.05) is 11.2 Å². The highest BCUT2D eigenvalue weighted by atomic mass is 16.6. The number of alkyl carbamates (subject to hydrolysis) is 1. The number of fused-ring (bicyclic) bond motifs is 1. The number of rotatable bonds is 3. The highest BCUT2D eigenvalue weighted by Gasteiger charge is 2.16. The van der Waals surface area contributed by atoms with Gasteiger partial charge in [-0.3, -0.25) is 0 Å². The Balaban J connectivity index is 2.08.